The summed E-state index contributed by atoms with van der Waals surface area (Å²) in [6, 6.07) is 2.83. The number of urea groups is 1. The molecule has 3 rings (SSSR count). The zero-order chi connectivity index (χ0) is 14.3. The minimum atomic E-state index is -0.985. The molecule has 8 heteroatoms. The van der Waals surface area contributed by atoms with E-state index in [2.05, 4.69) is 31.5 Å². The second-order valence-electron chi connectivity index (χ2n) is 4.81. The molecule has 2 fully saturated rings. The summed E-state index contributed by atoms with van der Waals surface area (Å²) in [4.78, 5) is 41.0. The van der Waals surface area contributed by atoms with E-state index in [0.717, 1.165) is 0 Å². The lowest BCUT2D eigenvalue weighted by Gasteiger charge is -2.21. The Balaban J connectivity index is 1.81. The van der Waals surface area contributed by atoms with Crippen LogP contribution in [0.15, 0.2) is 22.9 Å². The van der Waals surface area contributed by atoms with Crippen LogP contribution in [0.2, 0.25) is 0 Å². The van der Waals surface area contributed by atoms with Gasteiger partial charge in [0.25, 0.3) is 11.8 Å². The number of halogens is 1. The summed E-state index contributed by atoms with van der Waals surface area (Å²) in [5, 5.41) is 4.82. The van der Waals surface area contributed by atoms with Gasteiger partial charge in [-0.1, -0.05) is 0 Å². The van der Waals surface area contributed by atoms with E-state index in [9.17, 15) is 14.4 Å². The molecule has 0 bridgehead atoms. The molecule has 7 nitrogen and oxygen atoms in total. The topological polar surface area (TPSA) is 91.4 Å². The summed E-state index contributed by atoms with van der Waals surface area (Å²) in [6.45, 7) is 0.582. The molecule has 0 aromatic carbocycles. The number of hydrogen-bond donors (Lipinski definition) is 2. The minimum absolute atomic E-state index is 0.171. The highest BCUT2D eigenvalue weighted by Crippen LogP contribution is 2.27. The number of hydrogen-bond acceptors (Lipinski definition) is 4. The monoisotopic (exact) mass is 338 g/mol. The van der Waals surface area contributed by atoms with Gasteiger partial charge in [0.05, 0.1) is 12.1 Å². The predicted octanol–water partition coefficient (Wildman–Crippen LogP) is 0.268. The molecule has 0 radical (unpaired) electrons. The average Bonchev–Trinajstić information content (AvgIpc) is 2.95. The second-order valence-corrected chi connectivity index (χ2v) is 5.56. The third-order valence-electron chi connectivity index (χ3n) is 3.56. The third kappa shape index (κ3) is 1.96. The lowest BCUT2D eigenvalue weighted by atomic mass is 9.99. The number of rotatable bonds is 1. The first kappa shape index (κ1) is 13.0. The first-order valence-corrected chi connectivity index (χ1v) is 6.84. The molecule has 4 amide bonds. The van der Waals surface area contributed by atoms with Crippen LogP contribution >= 0.6 is 15.9 Å². The molecule has 0 aliphatic carbocycles. The molecule has 2 aliphatic heterocycles. The van der Waals surface area contributed by atoms with Crippen molar-refractivity contribution in [2.45, 2.75) is 12.0 Å². The Morgan fingerprint density at radius 2 is 2.25 bits per heavy atom. The van der Waals surface area contributed by atoms with Crippen LogP contribution in [0.4, 0.5) is 4.79 Å². The highest BCUT2D eigenvalue weighted by Gasteiger charge is 2.51. The summed E-state index contributed by atoms with van der Waals surface area (Å²) in [5.74, 6) is -0.584. The van der Waals surface area contributed by atoms with Crippen molar-refractivity contribution in [3.05, 3.63) is 28.5 Å². The second kappa shape index (κ2) is 4.55. The SMILES string of the molecule is O=C1NC(=O)C2(CCN(C(=O)c3cccnc3Br)C2)N1. The largest absolute Gasteiger partial charge is 0.336 e. The van der Waals surface area contributed by atoms with E-state index >= 15 is 0 Å². The van der Waals surface area contributed by atoms with E-state index in [4.69, 9.17) is 0 Å². The molecule has 1 atom stereocenters. The summed E-state index contributed by atoms with van der Waals surface area (Å²) >= 11 is 3.23. The van der Waals surface area contributed by atoms with Crippen LogP contribution in [0.25, 0.3) is 0 Å². The first-order chi connectivity index (χ1) is 9.52. The Bertz CT molecular complexity index is 620. The van der Waals surface area contributed by atoms with E-state index in [-0.39, 0.29) is 18.4 Å². The predicted molar refractivity (Wildman–Crippen MR) is 71.9 cm³/mol. The maximum absolute atomic E-state index is 12.4. The van der Waals surface area contributed by atoms with Gasteiger partial charge in [0, 0.05) is 12.7 Å². The molecule has 0 saturated carbocycles. The fourth-order valence-corrected chi connectivity index (χ4v) is 2.93. The highest BCUT2D eigenvalue weighted by molar-refractivity contribution is 9.10. The van der Waals surface area contributed by atoms with Crippen LogP contribution in [0.1, 0.15) is 16.8 Å². The van der Waals surface area contributed by atoms with Crippen LogP contribution in [-0.4, -0.2) is 46.4 Å². The fourth-order valence-electron chi connectivity index (χ4n) is 2.51. The maximum atomic E-state index is 12.4. The van der Waals surface area contributed by atoms with E-state index in [1.54, 1.807) is 23.2 Å². The van der Waals surface area contributed by atoms with Crippen LogP contribution in [0.3, 0.4) is 0 Å². The summed E-state index contributed by atoms with van der Waals surface area (Å²) < 4.78 is 0.464. The normalized spacial score (nSPS) is 24.9. The Labute approximate surface area is 122 Å². The number of nitrogens with zero attached hydrogens (tertiary/aromatic N) is 2. The lowest BCUT2D eigenvalue weighted by Crippen LogP contribution is -2.49. The molecule has 1 unspecified atom stereocenters. The van der Waals surface area contributed by atoms with E-state index in [1.165, 1.54) is 0 Å². The van der Waals surface area contributed by atoms with E-state index in [0.29, 0.717) is 23.1 Å². The Morgan fingerprint density at radius 1 is 1.45 bits per heavy atom. The van der Waals surface area contributed by atoms with Crippen molar-refractivity contribution in [2.24, 2.45) is 0 Å². The van der Waals surface area contributed by atoms with Gasteiger partial charge in [0.15, 0.2) is 0 Å². The maximum Gasteiger partial charge on any atom is 0.322 e. The number of pyridine rings is 1. The lowest BCUT2D eigenvalue weighted by molar-refractivity contribution is -0.123. The molecule has 104 valence electrons. The third-order valence-corrected chi connectivity index (χ3v) is 4.19. The van der Waals surface area contributed by atoms with Gasteiger partial charge in [-0.2, -0.15) is 0 Å². The zero-order valence-electron chi connectivity index (χ0n) is 10.4. The number of carbonyl (C=O) groups excluding carboxylic acids is 3. The zero-order valence-corrected chi connectivity index (χ0v) is 11.9. The van der Waals surface area contributed by atoms with Crippen molar-refractivity contribution < 1.29 is 14.4 Å². The first-order valence-electron chi connectivity index (χ1n) is 6.05. The van der Waals surface area contributed by atoms with Crippen molar-refractivity contribution in [2.75, 3.05) is 13.1 Å². The smallest absolute Gasteiger partial charge is 0.322 e. The number of nitrogens with one attached hydrogen (secondary N) is 2. The van der Waals surface area contributed by atoms with Gasteiger partial charge in [0.1, 0.15) is 10.1 Å². The van der Waals surface area contributed by atoms with Crippen LogP contribution < -0.4 is 10.6 Å². The fraction of sp³-hybridized carbons (Fsp3) is 0.333. The van der Waals surface area contributed by atoms with Crippen molar-refractivity contribution in [1.82, 2.24) is 20.5 Å². The van der Waals surface area contributed by atoms with E-state index in [1.807, 2.05) is 0 Å². The van der Waals surface area contributed by atoms with Gasteiger partial charge >= 0.3 is 6.03 Å². The quantitative estimate of drug-likeness (QED) is 0.568. The Morgan fingerprint density at radius 3 is 2.90 bits per heavy atom. The van der Waals surface area contributed by atoms with Gasteiger partial charge in [0.2, 0.25) is 0 Å². The van der Waals surface area contributed by atoms with Crippen molar-refractivity contribution in [1.29, 1.82) is 0 Å². The van der Waals surface area contributed by atoms with Crippen molar-refractivity contribution >= 4 is 33.8 Å². The molecule has 2 aliphatic rings. The van der Waals surface area contributed by atoms with Gasteiger partial charge < -0.3 is 10.2 Å². The Kier molecular flexibility index (Phi) is 2.97. The van der Waals surface area contributed by atoms with Crippen LogP contribution in [0.5, 0.6) is 0 Å². The van der Waals surface area contributed by atoms with Crippen molar-refractivity contribution in [3.8, 4) is 0 Å². The molecule has 1 aromatic heterocycles. The van der Waals surface area contributed by atoms with Gasteiger partial charge in [-0.05, 0) is 34.5 Å². The standard InChI is InChI=1S/C12H11BrN4O3/c13-8-7(2-1-4-14-8)9(18)17-5-3-12(6-17)10(19)15-11(20)16-12/h1-2,4H,3,5-6H2,(H2,15,16,19,20). The molecular formula is C12H11BrN4O3. The molecule has 20 heavy (non-hydrogen) atoms. The number of aromatic nitrogens is 1. The van der Waals surface area contributed by atoms with Gasteiger partial charge in [-0.15, -0.1) is 0 Å². The molecular weight excluding hydrogens is 328 g/mol. The van der Waals surface area contributed by atoms with E-state index < -0.39 is 11.6 Å². The molecule has 3 heterocycles. The highest BCUT2D eigenvalue weighted by atomic mass is 79.9. The van der Waals surface area contributed by atoms with Crippen molar-refractivity contribution in [3.63, 3.8) is 0 Å². The molecule has 1 aromatic rings. The molecule has 1 spiro atoms. The summed E-state index contributed by atoms with van der Waals surface area (Å²) in [6.07, 6.45) is 1.99. The summed E-state index contributed by atoms with van der Waals surface area (Å²) in [5.41, 5.74) is -0.546. The van der Waals surface area contributed by atoms with Crippen LogP contribution in [0, 0.1) is 0 Å². The van der Waals surface area contributed by atoms with Crippen LogP contribution in [-0.2, 0) is 4.79 Å². The summed E-state index contributed by atoms with van der Waals surface area (Å²) in [7, 11) is 0. The average molecular weight is 339 g/mol. The Hall–Kier alpha value is -1.96. The molecule has 2 saturated heterocycles. The number of amides is 4. The minimum Gasteiger partial charge on any atom is -0.336 e. The van der Waals surface area contributed by atoms with Gasteiger partial charge in [-0.3, -0.25) is 14.9 Å². The van der Waals surface area contributed by atoms with Gasteiger partial charge in [-0.25, -0.2) is 9.78 Å². The number of imide groups is 1. The molecule has 2 N–H and O–H groups in total. The number of likely N-dealkylation sites (tertiary alicyclic amines) is 1. The number of carbonyl (C=O) groups is 3.